The van der Waals surface area contributed by atoms with Crippen molar-refractivity contribution in [1.29, 1.82) is 0 Å². The van der Waals surface area contributed by atoms with Crippen molar-refractivity contribution in [3.8, 4) is 0 Å². The zero-order valence-electron chi connectivity index (χ0n) is 9.88. The van der Waals surface area contributed by atoms with Gasteiger partial charge in [0.05, 0.1) is 17.3 Å². The molecule has 0 amide bonds. The fourth-order valence-electron chi connectivity index (χ4n) is 1.64. The van der Waals surface area contributed by atoms with E-state index in [2.05, 4.69) is 10.3 Å². The van der Waals surface area contributed by atoms with Crippen molar-refractivity contribution in [2.24, 2.45) is 0 Å². The lowest BCUT2D eigenvalue weighted by molar-refractivity contribution is 0.576. The van der Waals surface area contributed by atoms with E-state index in [1.54, 1.807) is 19.1 Å². The number of benzene rings is 1. The number of hydrogen-bond acceptors (Lipinski definition) is 4. The molecule has 6 heteroatoms. The summed E-state index contributed by atoms with van der Waals surface area (Å²) in [7, 11) is -3.62. The second-order valence-electron chi connectivity index (χ2n) is 3.91. The number of hydrogen-bond donors (Lipinski definition) is 0. The van der Waals surface area contributed by atoms with Gasteiger partial charge in [-0.3, -0.25) is 0 Å². The van der Waals surface area contributed by atoms with Gasteiger partial charge in [0, 0.05) is 0 Å². The Morgan fingerprint density at radius 1 is 1.12 bits per heavy atom. The molecule has 0 aliphatic carbocycles. The Morgan fingerprint density at radius 3 is 2.41 bits per heavy atom. The van der Waals surface area contributed by atoms with Crippen molar-refractivity contribution in [2.75, 3.05) is 0 Å². The molecular formula is C11H13N3O2S. The molecule has 0 bridgehead atoms. The molecule has 0 N–H and O–H groups in total. The molecule has 0 atom stereocenters. The first kappa shape index (κ1) is 11.8. The molecule has 0 spiro atoms. The van der Waals surface area contributed by atoms with Gasteiger partial charge in [0.25, 0.3) is 10.0 Å². The highest BCUT2D eigenvalue weighted by molar-refractivity contribution is 7.89. The normalized spacial score (nSPS) is 11.7. The van der Waals surface area contributed by atoms with Crippen LogP contribution in [0.2, 0.25) is 0 Å². The summed E-state index contributed by atoms with van der Waals surface area (Å²) in [6.07, 6.45) is 2.66. The Hall–Kier alpha value is -1.69. The van der Waals surface area contributed by atoms with Gasteiger partial charge in [-0.1, -0.05) is 11.3 Å². The van der Waals surface area contributed by atoms with Crippen molar-refractivity contribution in [1.82, 2.24) is 14.4 Å². The molecule has 0 radical (unpaired) electrons. The molecular weight excluding hydrogens is 238 g/mol. The van der Waals surface area contributed by atoms with Crippen LogP contribution in [-0.4, -0.2) is 22.8 Å². The first-order chi connectivity index (χ1) is 7.94. The molecule has 1 aromatic carbocycles. The van der Waals surface area contributed by atoms with Gasteiger partial charge in [0.2, 0.25) is 0 Å². The third-order valence-corrected chi connectivity index (χ3v) is 4.62. The SMILES string of the molecule is Cc1ccc(S(=O)(=O)n2ccnn2)c(C)c1C. The van der Waals surface area contributed by atoms with Crippen LogP contribution in [0.25, 0.3) is 0 Å². The first-order valence-corrected chi connectivity index (χ1v) is 6.57. The van der Waals surface area contributed by atoms with Gasteiger partial charge >= 0.3 is 0 Å². The highest BCUT2D eigenvalue weighted by Crippen LogP contribution is 2.22. The lowest BCUT2D eigenvalue weighted by atomic mass is 10.1. The predicted molar refractivity (Wildman–Crippen MR) is 63.3 cm³/mol. The van der Waals surface area contributed by atoms with E-state index in [1.807, 2.05) is 13.8 Å². The number of nitrogens with zero attached hydrogens (tertiary/aromatic N) is 3. The first-order valence-electron chi connectivity index (χ1n) is 5.13. The molecule has 17 heavy (non-hydrogen) atoms. The maximum atomic E-state index is 12.2. The maximum absolute atomic E-state index is 12.2. The van der Waals surface area contributed by atoms with Crippen LogP contribution in [0, 0.1) is 20.8 Å². The molecule has 0 unspecified atom stereocenters. The Balaban J connectivity index is 2.67. The van der Waals surface area contributed by atoms with Gasteiger partial charge < -0.3 is 0 Å². The summed E-state index contributed by atoms with van der Waals surface area (Å²) in [5, 5.41) is 7.05. The maximum Gasteiger partial charge on any atom is 0.284 e. The van der Waals surface area contributed by atoms with Crippen LogP contribution < -0.4 is 0 Å². The summed E-state index contributed by atoms with van der Waals surface area (Å²) in [4.78, 5) is 0.270. The van der Waals surface area contributed by atoms with Crippen molar-refractivity contribution >= 4 is 10.0 Å². The van der Waals surface area contributed by atoms with Crippen LogP contribution in [-0.2, 0) is 10.0 Å². The Labute approximate surface area is 100 Å². The van der Waals surface area contributed by atoms with Crippen LogP contribution in [0.5, 0.6) is 0 Å². The third-order valence-electron chi connectivity index (χ3n) is 2.93. The molecule has 0 saturated carbocycles. The minimum absolute atomic E-state index is 0.270. The summed E-state index contributed by atoms with van der Waals surface area (Å²) >= 11 is 0. The average Bonchev–Trinajstić information content (AvgIpc) is 2.79. The quantitative estimate of drug-likeness (QED) is 0.810. The number of rotatable bonds is 2. The summed E-state index contributed by atoms with van der Waals surface area (Å²) in [6, 6.07) is 3.40. The van der Waals surface area contributed by atoms with Crippen molar-refractivity contribution in [3.63, 3.8) is 0 Å². The van der Waals surface area contributed by atoms with Gasteiger partial charge in [0.1, 0.15) is 0 Å². The van der Waals surface area contributed by atoms with E-state index in [4.69, 9.17) is 0 Å². The van der Waals surface area contributed by atoms with Crippen LogP contribution >= 0.6 is 0 Å². The molecule has 0 saturated heterocycles. The molecule has 0 aliphatic rings. The van der Waals surface area contributed by atoms with Crippen LogP contribution in [0.15, 0.2) is 29.4 Å². The molecule has 90 valence electrons. The van der Waals surface area contributed by atoms with E-state index in [-0.39, 0.29) is 4.90 Å². The minimum Gasteiger partial charge on any atom is -0.199 e. The van der Waals surface area contributed by atoms with Gasteiger partial charge in [-0.05, 0) is 43.5 Å². The molecule has 2 aromatic rings. The highest BCUT2D eigenvalue weighted by Gasteiger charge is 2.21. The standard InChI is InChI=1S/C11H13N3O2S/c1-8-4-5-11(10(3)9(8)2)17(15,16)14-7-6-12-13-14/h4-7H,1-3H3. The topological polar surface area (TPSA) is 64.8 Å². The molecule has 2 rings (SSSR count). The zero-order chi connectivity index (χ0) is 12.6. The number of aromatic nitrogens is 3. The second kappa shape index (κ2) is 3.96. The van der Waals surface area contributed by atoms with E-state index in [9.17, 15) is 8.42 Å². The summed E-state index contributed by atoms with van der Waals surface area (Å²) < 4.78 is 25.4. The van der Waals surface area contributed by atoms with Gasteiger partial charge in [-0.25, -0.2) is 0 Å². The Kier molecular flexibility index (Phi) is 2.74. The van der Waals surface area contributed by atoms with E-state index >= 15 is 0 Å². The fourth-order valence-corrected chi connectivity index (χ4v) is 2.97. The summed E-state index contributed by atoms with van der Waals surface area (Å²) in [5.74, 6) is 0. The predicted octanol–water partition coefficient (Wildman–Crippen LogP) is 1.44. The van der Waals surface area contributed by atoms with Gasteiger partial charge in [0.15, 0.2) is 0 Å². The summed E-state index contributed by atoms with van der Waals surface area (Å²) in [5.41, 5.74) is 2.80. The van der Waals surface area contributed by atoms with E-state index in [0.29, 0.717) is 0 Å². The lowest BCUT2D eigenvalue weighted by Crippen LogP contribution is -2.15. The second-order valence-corrected chi connectivity index (χ2v) is 5.68. The minimum atomic E-state index is -3.62. The molecule has 1 aromatic heterocycles. The zero-order valence-corrected chi connectivity index (χ0v) is 10.7. The lowest BCUT2D eigenvalue weighted by Gasteiger charge is -2.11. The summed E-state index contributed by atoms with van der Waals surface area (Å²) in [6.45, 7) is 5.66. The third kappa shape index (κ3) is 1.84. The molecule has 0 fully saturated rings. The monoisotopic (exact) mass is 251 g/mol. The van der Waals surface area contributed by atoms with Crippen LogP contribution in [0.3, 0.4) is 0 Å². The highest BCUT2D eigenvalue weighted by atomic mass is 32.2. The largest absolute Gasteiger partial charge is 0.284 e. The van der Waals surface area contributed by atoms with Crippen molar-refractivity contribution in [2.45, 2.75) is 25.7 Å². The smallest absolute Gasteiger partial charge is 0.199 e. The van der Waals surface area contributed by atoms with Crippen molar-refractivity contribution in [3.05, 3.63) is 41.2 Å². The average molecular weight is 251 g/mol. The Bertz CT molecular complexity index is 646. The molecule has 0 aliphatic heterocycles. The van der Waals surface area contributed by atoms with Crippen LogP contribution in [0.1, 0.15) is 16.7 Å². The van der Waals surface area contributed by atoms with E-state index < -0.39 is 10.0 Å². The van der Waals surface area contributed by atoms with Gasteiger partial charge in [-0.2, -0.15) is 8.42 Å². The number of aryl methyl sites for hydroxylation is 1. The van der Waals surface area contributed by atoms with E-state index in [1.165, 1.54) is 12.4 Å². The van der Waals surface area contributed by atoms with E-state index in [0.717, 1.165) is 20.8 Å². The fraction of sp³-hybridized carbons (Fsp3) is 0.273. The van der Waals surface area contributed by atoms with Crippen LogP contribution in [0.4, 0.5) is 0 Å². The molecule has 1 heterocycles. The van der Waals surface area contributed by atoms with Crippen molar-refractivity contribution < 1.29 is 8.42 Å². The Morgan fingerprint density at radius 2 is 1.82 bits per heavy atom. The van der Waals surface area contributed by atoms with Gasteiger partial charge in [-0.15, -0.1) is 9.19 Å². The molecule has 5 nitrogen and oxygen atoms in total.